The van der Waals surface area contributed by atoms with E-state index in [4.69, 9.17) is 0 Å². The van der Waals surface area contributed by atoms with Crippen molar-refractivity contribution in [1.29, 1.82) is 0 Å². The van der Waals surface area contributed by atoms with Crippen molar-refractivity contribution in [3.05, 3.63) is 35.4 Å². The van der Waals surface area contributed by atoms with E-state index < -0.39 is 11.4 Å². The second-order valence-electron chi connectivity index (χ2n) is 5.39. The van der Waals surface area contributed by atoms with Gasteiger partial charge in [-0.3, -0.25) is 9.69 Å². The number of rotatable bonds is 4. The Morgan fingerprint density at radius 2 is 2.28 bits per heavy atom. The highest BCUT2D eigenvalue weighted by Gasteiger charge is 2.42. The Morgan fingerprint density at radius 3 is 2.83 bits per heavy atom. The molecule has 2 rings (SSSR count). The van der Waals surface area contributed by atoms with Crippen LogP contribution in [0.4, 0.5) is 0 Å². The molecule has 0 spiro atoms. The molecule has 1 aromatic rings. The predicted octanol–water partition coefficient (Wildman–Crippen LogP) is 2.68. The molecule has 0 radical (unpaired) electrons. The molecule has 0 aromatic heterocycles. The second-order valence-corrected chi connectivity index (χ2v) is 5.39. The Morgan fingerprint density at radius 1 is 1.50 bits per heavy atom. The summed E-state index contributed by atoms with van der Waals surface area (Å²) in [5.74, 6) is -0.642. The first-order valence-electron chi connectivity index (χ1n) is 6.57. The van der Waals surface area contributed by atoms with Gasteiger partial charge in [0.15, 0.2) is 0 Å². The topological polar surface area (TPSA) is 40.5 Å². The highest BCUT2D eigenvalue weighted by molar-refractivity contribution is 5.75. The molecule has 0 saturated carbocycles. The van der Waals surface area contributed by atoms with E-state index in [1.807, 2.05) is 6.92 Å². The Balaban J connectivity index is 2.03. The lowest BCUT2D eigenvalue weighted by molar-refractivity contribution is -0.148. The summed E-state index contributed by atoms with van der Waals surface area (Å²) < 4.78 is 0. The summed E-state index contributed by atoms with van der Waals surface area (Å²) in [7, 11) is 0. The van der Waals surface area contributed by atoms with Crippen LogP contribution in [0.15, 0.2) is 24.3 Å². The summed E-state index contributed by atoms with van der Waals surface area (Å²) in [6, 6.07) is 8.43. The summed E-state index contributed by atoms with van der Waals surface area (Å²) in [5, 5.41) is 9.37. The van der Waals surface area contributed by atoms with E-state index in [1.54, 1.807) is 0 Å². The Hall–Kier alpha value is -1.35. The summed E-state index contributed by atoms with van der Waals surface area (Å²) in [4.78, 5) is 13.6. The summed E-state index contributed by atoms with van der Waals surface area (Å²) in [5.41, 5.74) is 2.00. The molecule has 1 N–H and O–H groups in total. The number of aliphatic carboxylic acids is 1. The van der Waals surface area contributed by atoms with E-state index in [1.165, 1.54) is 11.1 Å². The molecule has 1 unspecified atom stereocenters. The maximum atomic E-state index is 11.4. The number of hydrogen-bond acceptors (Lipinski definition) is 2. The molecule has 3 nitrogen and oxygen atoms in total. The van der Waals surface area contributed by atoms with E-state index in [9.17, 15) is 9.90 Å². The Bertz CT molecular complexity index is 444. The molecule has 18 heavy (non-hydrogen) atoms. The standard InChI is InChI=1S/C15H21NO2/c1-3-15(14(17)18)7-8-16(11-15)10-13-6-4-5-12(2)9-13/h4-6,9H,3,7-8,10-11H2,1-2H3,(H,17,18). The van der Waals surface area contributed by atoms with Gasteiger partial charge in [-0.05, 0) is 31.9 Å². The number of likely N-dealkylation sites (tertiary alicyclic amines) is 1. The van der Waals surface area contributed by atoms with Crippen molar-refractivity contribution >= 4 is 5.97 Å². The largest absolute Gasteiger partial charge is 0.481 e. The van der Waals surface area contributed by atoms with Gasteiger partial charge in [-0.15, -0.1) is 0 Å². The smallest absolute Gasteiger partial charge is 0.310 e. The van der Waals surface area contributed by atoms with Crippen molar-refractivity contribution in [3.8, 4) is 0 Å². The lowest BCUT2D eigenvalue weighted by atomic mass is 9.84. The second kappa shape index (κ2) is 5.11. The van der Waals surface area contributed by atoms with Gasteiger partial charge in [-0.1, -0.05) is 36.8 Å². The SMILES string of the molecule is CCC1(C(=O)O)CCN(Cc2cccc(C)c2)C1. The van der Waals surface area contributed by atoms with Crippen LogP contribution in [-0.4, -0.2) is 29.1 Å². The van der Waals surface area contributed by atoms with Gasteiger partial charge in [-0.2, -0.15) is 0 Å². The van der Waals surface area contributed by atoms with Crippen LogP contribution in [0.2, 0.25) is 0 Å². The third-order valence-corrected chi connectivity index (χ3v) is 4.05. The van der Waals surface area contributed by atoms with Crippen molar-refractivity contribution in [2.45, 2.75) is 33.2 Å². The molecule has 1 aliphatic heterocycles. The summed E-state index contributed by atoms with van der Waals surface area (Å²) in [6.45, 7) is 6.48. The first-order valence-corrected chi connectivity index (χ1v) is 6.57. The van der Waals surface area contributed by atoms with Crippen LogP contribution in [0.5, 0.6) is 0 Å². The van der Waals surface area contributed by atoms with Crippen LogP contribution >= 0.6 is 0 Å². The van der Waals surface area contributed by atoms with Gasteiger partial charge in [0.2, 0.25) is 0 Å². The number of aryl methyl sites for hydroxylation is 1. The maximum absolute atomic E-state index is 11.4. The minimum absolute atomic E-state index is 0.524. The van der Waals surface area contributed by atoms with E-state index in [0.717, 1.165) is 19.5 Å². The molecule has 1 fully saturated rings. The highest BCUT2D eigenvalue weighted by atomic mass is 16.4. The first kappa shape index (κ1) is 13.1. The molecule has 1 aromatic carbocycles. The van der Waals surface area contributed by atoms with E-state index in [0.29, 0.717) is 13.0 Å². The lowest BCUT2D eigenvalue weighted by Crippen LogP contribution is -2.33. The normalized spacial score (nSPS) is 24.3. The van der Waals surface area contributed by atoms with E-state index in [-0.39, 0.29) is 0 Å². The molecule has 1 atom stereocenters. The first-order chi connectivity index (χ1) is 8.55. The molecule has 1 heterocycles. The number of hydrogen-bond donors (Lipinski definition) is 1. The summed E-state index contributed by atoms with van der Waals surface area (Å²) in [6.07, 6.45) is 1.48. The average molecular weight is 247 g/mol. The molecular weight excluding hydrogens is 226 g/mol. The predicted molar refractivity (Wildman–Crippen MR) is 71.4 cm³/mol. The van der Waals surface area contributed by atoms with Gasteiger partial charge in [0.05, 0.1) is 5.41 Å². The van der Waals surface area contributed by atoms with Gasteiger partial charge in [0.1, 0.15) is 0 Å². The van der Waals surface area contributed by atoms with Crippen molar-refractivity contribution in [3.63, 3.8) is 0 Å². The monoisotopic (exact) mass is 247 g/mol. The summed E-state index contributed by atoms with van der Waals surface area (Å²) >= 11 is 0. The van der Waals surface area contributed by atoms with Gasteiger partial charge < -0.3 is 5.11 Å². The molecule has 98 valence electrons. The number of benzene rings is 1. The van der Waals surface area contributed by atoms with Gasteiger partial charge in [0.25, 0.3) is 0 Å². The van der Waals surface area contributed by atoms with Crippen LogP contribution < -0.4 is 0 Å². The molecule has 1 aliphatic rings. The van der Waals surface area contributed by atoms with Crippen LogP contribution in [0.3, 0.4) is 0 Å². The minimum atomic E-state index is -0.642. The number of carboxylic acid groups (broad SMARTS) is 1. The fraction of sp³-hybridized carbons (Fsp3) is 0.533. The molecule has 0 amide bonds. The molecule has 1 saturated heterocycles. The number of carboxylic acids is 1. The maximum Gasteiger partial charge on any atom is 0.310 e. The quantitative estimate of drug-likeness (QED) is 0.889. The third-order valence-electron chi connectivity index (χ3n) is 4.05. The Labute approximate surface area is 108 Å². The van der Waals surface area contributed by atoms with Crippen LogP contribution in [0.25, 0.3) is 0 Å². The van der Waals surface area contributed by atoms with Gasteiger partial charge >= 0.3 is 5.97 Å². The fourth-order valence-corrected chi connectivity index (χ4v) is 2.78. The van der Waals surface area contributed by atoms with E-state index >= 15 is 0 Å². The van der Waals surface area contributed by atoms with Crippen molar-refractivity contribution in [1.82, 2.24) is 4.90 Å². The van der Waals surface area contributed by atoms with Crippen molar-refractivity contribution in [2.75, 3.05) is 13.1 Å². The molecular formula is C15H21NO2. The van der Waals surface area contributed by atoms with Gasteiger partial charge in [-0.25, -0.2) is 0 Å². The van der Waals surface area contributed by atoms with Crippen molar-refractivity contribution in [2.24, 2.45) is 5.41 Å². The third kappa shape index (κ3) is 2.56. The zero-order valence-corrected chi connectivity index (χ0v) is 11.1. The number of carbonyl (C=O) groups is 1. The fourth-order valence-electron chi connectivity index (χ4n) is 2.78. The van der Waals surface area contributed by atoms with Crippen LogP contribution in [0.1, 0.15) is 30.9 Å². The molecule has 0 bridgehead atoms. The van der Waals surface area contributed by atoms with Crippen LogP contribution in [-0.2, 0) is 11.3 Å². The number of nitrogens with zero attached hydrogens (tertiary/aromatic N) is 1. The van der Waals surface area contributed by atoms with Crippen molar-refractivity contribution < 1.29 is 9.90 Å². The van der Waals surface area contributed by atoms with Crippen LogP contribution in [0, 0.1) is 12.3 Å². The minimum Gasteiger partial charge on any atom is -0.481 e. The highest BCUT2D eigenvalue weighted by Crippen LogP contribution is 2.34. The van der Waals surface area contributed by atoms with E-state index in [2.05, 4.69) is 36.1 Å². The molecule has 0 aliphatic carbocycles. The zero-order chi connectivity index (χ0) is 13.2. The van der Waals surface area contributed by atoms with Gasteiger partial charge in [0, 0.05) is 13.1 Å². The zero-order valence-electron chi connectivity index (χ0n) is 11.1. The average Bonchev–Trinajstić information content (AvgIpc) is 2.74. The Kier molecular flexibility index (Phi) is 3.71. The lowest BCUT2D eigenvalue weighted by Gasteiger charge is -2.23. The molecule has 3 heteroatoms.